The third-order valence-corrected chi connectivity index (χ3v) is 4.06. The molecule has 0 aromatic heterocycles. The summed E-state index contributed by atoms with van der Waals surface area (Å²) in [5, 5.41) is 20.1. The molecule has 2 rings (SSSR count). The summed E-state index contributed by atoms with van der Waals surface area (Å²) in [5.74, 6) is -1.04. The number of nitro benzene ring substituents is 1. The normalized spacial score (nSPS) is 14.2. The highest BCUT2D eigenvalue weighted by Crippen LogP contribution is 2.44. The summed E-state index contributed by atoms with van der Waals surface area (Å²) in [7, 11) is 1.48. The van der Waals surface area contributed by atoms with E-state index in [0.717, 1.165) is 0 Å². The molecule has 9 nitrogen and oxygen atoms in total. The first kappa shape index (κ1) is 17.7. The second kappa shape index (κ2) is 6.83. The third-order valence-electron chi connectivity index (χ3n) is 4.06. The zero-order valence-corrected chi connectivity index (χ0v) is 13.4. The number of anilines is 1. The van der Waals surface area contributed by atoms with Gasteiger partial charge in [0.2, 0.25) is 5.91 Å². The van der Waals surface area contributed by atoms with Crippen LogP contribution in [0.4, 0.5) is 11.4 Å². The van der Waals surface area contributed by atoms with Crippen molar-refractivity contribution in [2.24, 2.45) is 5.73 Å². The number of aliphatic carboxylic acids is 1. The maximum atomic E-state index is 12.4. The number of carboxylic acids is 1. The SMILES string of the molecule is COc1c(C)cc([N+](=O)[O-])c2c1CCN2C(=O)CCC(N)C(=O)O. The second-order valence-electron chi connectivity index (χ2n) is 5.61. The molecular weight excluding hydrogens is 318 g/mol. The summed E-state index contributed by atoms with van der Waals surface area (Å²) < 4.78 is 5.32. The van der Waals surface area contributed by atoms with Crippen molar-refractivity contribution in [3.05, 3.63) is 27.3 Å². The van der Waals surface area contributed by atoms with Crippen LogP contribution >= 0.6 is 0 Å². The lowest BCUT2D eigenvalue weighted by atomic mass is 10.0. The number of carbonyl (C=O) groups is 2. The second-order valence-corrected chi connectivity index (χ2v) is 5.61. The summed E-state index contributed by atoms with van der Waals surface area (Å²) in [5.41, 5.74) is 6.73. The molecule has 3 N–H and O–H groups in total. The molecule has 24 heavy (non-hydrogen) atoms. The quantitative estimate of drug-likeness (QED) is 0.583. The number of methoxy groups -OCH3 is 1. The van der Waals surface area contributed by atoms with E-state index < -0.39 is 16.9 Å². The first-order valence-electron chi connectivity index (χ1n) is 7.41. The van der Waals surface area contributed by atoms with Gasteiger partial charge in [-0.05, 0) is 25.3 Å². The Balaban J connectivity index is 2.35. The molecule has 1 aliphatic rings. The smallest absolute Gasteiger partial charge is 0.320 e. The Hall–Kier alpha value is -2.68. The van der Waals surface area contributed by atoms with Crippen molar-refractivity contribution in [2.75, 3.05) is 18.6 Å². The van der Waals surface area contributed by atoms with Crippen molar-refractivity contribution in [3.63, 3.8) is 0 Å². The maximum absolute atomic E-state index is 12.4. The Morgan fingerprint density at radius 3 is 2.75 bits per heavy atom. The molecule has 0 bridgehead atoms. The van der Waals surface area contributed by atoms with E-state index in [1.807, 2.05) is 0 Å². The number of rotatable bonds is 6. The van der Waals surface area contributed by atoms with Gasteiger partial charge < -0.3 is 20.5 Å². The van der Waals surface area contributed by atoms with Crippen LogP contribution in [-0.2, 0) is 16.0 Å². The fraction of sp³-hybridized carbons (Fsp3) is 0.467. The highest BCUT2D eigenvalue weighted by Gasteiger charge is 2.35. The van der Waals surface area contributed by atoms with Gasteiger partial charge in [0.1, 0.15) is 17.5 Å². The molecule has 0 aliphatic carbocycles. The predicted octanol–water partition coefficient (Wildman–Crippen LogP) is 0.993. The number of carboxylic acid groups (broad SMARTS) is 1. The van der Waals surface area contributed by atoms with Crippen molar-refractivity contribution < 1.29 is 24.4 Å². The van der Waals surface area contributed by atoms with Crippen molar-refractivity contribution >= 4 is 23.3 Å². The number of hydrogen-bond acceptors (Lipinski definition) is 6. The lowest BCUT2D eigenvalue weighted by molar-refractivity contribution is -0.384. The number of nitrogens with zero attached hydrogens (tertiary/aromatic N) is 2. The van der Waals surface area contributed by atoms with Gasteiger partial charge in [0.05, 0.1) is 12.0 Å². The standard InChI is InChI=1S/C15H19N3O6/c1-8-7-11(18(22)23)13-9(14(8)24-2)5-6-17(13)12(19)4-3-10(16)15(20)21/h7,10H,3-6,16H2,1-2H3,(H,20,21). The van der Waals surface area contributed by atoms with E-state index in [-0.39, 0.29) is 36.7 Å². The van der Waals surface area contributed by atoms with Gasteiger partial charge >= 0.3 is 5.97 Å². The molecular formula is C15H19N3O6. The Kier molecular flexibility index (Phi) is 5.03. The summed E-state index contributed by atoms with van der Waals surface area (Å²) in [6.07, 6.45) is 0.314. The number of aryl methyl sites for hydroxylation is 1. The molecule has 130 valence electrons. The number of carbonyl (C=O) groups excluding carboxylic acids is 1. The van der Waals surface area contributed by atoms with E-state index >= 15 is 0 Å². The first-order chi connectivity index (χ1) is 11.3. The molecule has 1 atom stereocenters. The van der Waals surface area contributed by atoms with Crippen LogP contribution in [0.25, 0.3) is 0 Å². The number of fused-ring (bicyclic) bond motifs is 1. The van der Waals surface area contributed by atoms with Crippen LogP contribution in [0.2, 0.25) is 0 Å². The van der Waals surface area contributed by atoms with Crippen LogP contribution < -0.4 is 15.4 Å². The Morgan fingerprint density at radius 1 is 1.54 bits per heavy atom. The number of hydrogen-bond donors (Lipinski definition) is 2. The summed E-state index contributed by atoms with van der Waals surface area (Å²) in [4.78, 5) is 35.3. The van der Waals surface area contributed by atoms with Crippen molar-refractivity contribution in [1.82, 2.24) is 0 Å². The minimum Gasteiger partial charge on any atom is -0.496 e. The number of amides is 1. The first-order valence-corrected chi connectivity index (χ1v) is 7.41. The molecule has 0 radical (unpaired) electrons. The fourth-order valence-electron chi connectivity index (χ4n) is 2.92. The lowest BCUT2D eigenvalue weighted by Gasteiger charge is -2.19. The van der Waals surface area contributed by atoms with Crippen LogP contribution in [0, 0.1) is 17.0 Å². The fourth-order valence-corrected chi connectivity index (χ4v) is 2.92. The van der Waals surface area contributed by atoms with Crippen molar-refractivity contribution in [1.29, 1.82) is 0 Å². The molecule has 1 heterocycles. The molecule has 1 aromatic carbocycles. The van der Waals surface area contributed by atoms with E-state index in [9.17, 15) is 19.7 Å². The summed E-state index contributed by atoms with van der Waals surface area (Å²) >= 11 is 0. The van der Waals surface area contributed by atoms with Crippen LogP contribution in [0.15, 0.2) is 6.07 Å². The van der Waals surface area contributed by atoms with Gasteiger partial charge in [-0.1, -0.05) is 0 Å². The topological polar surface area (TPSA) is 136 Å². The van der Waals surface area contributed by atoms with E-state index in [1.54, 1.807) is 6.92 Å². The molecule has 0 fully saturated rings. The highest BCUT2D eigenvalue weighted by molar-refractivity contribution is 5.99. The summed E-state index contributed by atoms with van der Waals surface area (Å²) in [6.45, 7) is 2.00. The van der Waals surface area contributed by atoms with E-state index in [2.05, 4.69) is 0 Å². The molecule has 0 spiro atoms. The Labute approximate surface area is 138 Å². The zero-order valence-electron chi connectivity index (χ0n) is 13.4. The zero-order chi connectivity index (χ0) is 18.0. The van der Waals surface area contributed by atoms with Gasteiger partial charge in [0, 0.05) is 24.6 Å². The minimum atomic E-state index is -1.19. The van der Waals surface area contributed by atoms with Gasteiger partial charge in [-0.25, -0.2) is 0 Å². The number of nitrogens with two attached hydrogens (primary N) is 1. The van der Waals surface area contributed by atoms with Crippen molar-refractivity contribution in [3.8, 4) is 5.75 Å². The maximum Gasteiger partial charge on any atom is 0.320 e. The Morgan fingerprint density at radius 2 is 2.21 bits per heavy atom. The minimum absolute atomic E-state index is 0.0310. The number of ether oxygens (including phenoxy) is 1. The van der Waals surface area contributed by atoms with Gasteiger partial charge in [0.25, 0.3) is 5.69 Å². The van der Waals surface area contributed by atoms with E-state index in [1.165, 1.54) is 18.1 Å². The number of nitro groups is 1. The van der Waals surface area contributed by atoms with E-state index in [4.69, 9.17) is 15.6 Å². The van der Waals surface area contributed by atoms with Crippen LogP contribution in [0.3, 0.4) is 0 Å². The molecule has 1 amide bonds. The highest BCUT2D eigenvalue weighted by atomic mass is 16.6. The van der Waals surface area contributed by atoms with Crippen molar-refractivity contribution in [2.45, 2.75) is 32.2 Å². The third kappa shape index (κ3) is 3.16. The predicted molar refractivity (Wildman–Crippen MR) is 85.3 cm³/mol. The summed E-state index contributed by atoms with van der Waals surface area (Å²) in [6, 6.07) is 0.241. The molecule has 1 aromatic rings. The van der Waals surface area contributed by atoms with Crippen LogP contribution in [0.5, 0.6) is 5.75 Å². The average Bonchev–Trinajstić information content (AvgIpc) is 2.95. The largest absolute Gasteiger partial charge is 0.496 e. The molecule has 0 saturated carbocycles. The number of benzene rings is 1. The monoisotopic (exact) mass is 337 g/mol. The van der Waals surface area contributed by atoms with Gasteiger partial charge in [0.15, 0.2) is 0 Å². The lowest BCUT2D eigenvalue weighted by Crippen LogP contribution is -2.34. The van der Waals surface area contributed by atoms with Gasteiger partial charge in [-0.15, -0.1) is 0 Å². The van der Waals surface area contributed by atoms with Crippen LogP contribution in [0.1, 0.15) is 24.0 Å². The molecule has 1 aliphatic heterocycles. The van der Waals surface area contributed by atoms with E-state index in [0.29, 0.717) is 23.3 Å². The molecule has 0 saturated heterocycles. The van der Waals surface area contributed by atoms with Crippen LogP contribution in [-0.4, -0.2) is 41.6 Å². The molecule has 9 heteroatoms. The average molecular weight is 337 g/mol. The molecule has 1 unspecified atom stereocenters. The Bertz CT molecular complexity index is 703. The van der Waals surface area contributed by atoms with Gasteiger partial charge in [-0.3, -0.25) is 19.7 Å². The van der Waals surface area contributed by atoms with Gasteiger partial charge in [-0.2, -0.15) is 0 Å².